The molecule has 0 spiro atoms. The van der Waals surface area contributed by atoms with Crippen molar-refractivity contribution in [3.63, 3.8) is 0 Å². The summed E-state index contributed by atoms with van der Waals surface area (Å²) in [5.41, 5.74) is 5.30. The van der Waals surface area contributed by atoms with Crippen LogP contribution in [0, 0.1) is 0 Å². The highest BCUT2D eigenvalue weighted by Gasteiger charge is 2.27. The monoisotopic (exact) mass is 211 g/mol. The van der Waals surface area contributed by atoms with Gasteiger partial charge in [-0.1, -0.05) is 5.16 Å². The van der Waals surface area contributed by atoms with E-state index in [-0.39, 0.29) is 11.9 Å². The van der Waals surface area contributed by atoms with E-state index < -0.39 is 0 Å². The predicted molar refractivity (Wildman–Crippen MR) is 50.6 cm³/mol. The number of nitrogens with zero attached hydrogens (tertiary/aromatic N) is 3. The lowest BCUT2D eigenvalue weighted by molar-refractivity contribution is -0.124. The first-order chi connectivity index (χ1) is 7.27. The third kappa shape index (κ3) is 2.31. The molecule has 1 saturated heterocycles. The zero-order chi connectivity index (χ0) is 10.7. The molecule has 0 saturated carbocycles. The van der Waals surface area contributed by atoms with Gasteiger partial charge in [0.1, 0.15) is 6.04 Å². The molecule has 1 unspecified atom stereocenters. The average Bonchev–Trinajstić information content (AvgIpc) is 2.71. The summed E-state index contributed by atoms with van der Waals surface area (Å²) in [6.07, 6.45) is 1.34. The van der Waals surface area contributed by atoms with Crippen LogP contribution in [0.4, 0.5) is 0 Å². The fourth-order valence-corrected chi connectivity index (χ4v) is 1.66. The van der Waals surface area contributed by atoms with Crippen molar-refractivity contribution in [1.29, 1.82) is 0 Å². The maximum atomic E-state index is 11.2. The molecule has 7 heteroatoms. The van der Waals surface area contributed by atoms with Crippen LogP contribution >= 0.6 is 0 Å². The molecule has 0 bridgehead atoms. The minimum absolute atomic E-state index is 0.300. The van der Waals surface area contributed by atoms with E-state index in [0.29, 0.717) is 19.0 Å². The normalized spacial score (nSPS) is 22.8. The molecule has 1 aromatic rings. The average molecular weight is 211 g/mol. The van der Waals surface area contributed by atoms with E-state index in [9.17, 15) is 4.79 Å². The van der Waals surface area contributed by atoms with E-state index in [1.807, 2.05) is 4.90 Å². The summed E-state index contributed by atoms with van der Waals surface area (Å²) in [6, 6.07) is -0.300. The highest BCUT2D eigenvalue weighted by atomic mass is 16.5. The second kappa shape index (κ2) is 4.37. The van der Waals surface area contributed by atoms with Gasteiger partial charge in [-0.05, 0) is 0 Å². The van der Waals surface area contributed by atoms with Gasteiger partial charge in [0.15, 0.2) is 6.33 Å². The van der Waals surface area contributed by atoms with Gasteiger partial charge in [0.2, 0.25) is 11.8 Å². The number of hydrogen-bond donors (Lipinski definition) is 2. The minimum atomic E-state index is -0.332. The molecule has 1 aromatic heterocycles. The third-order valence-electron chi connectivity index (χ3n) is 2.43. The Morgan fingerprint density at radius 2 is 2.67 bits per heavy atom. The summed E-state index contributed by atoms with van der Waals surface area (Å²) in [6.45, 7) is 2.62. The Kier molecular flexibility index (Phi) is 2.93. The minimum Gasteiger partial charge on any atom is -0.368 e. The van der Waals surface area contributed by atoms with Gasteiger partial charge in [-0.25, -0.2) is 0 Å². The first kappa shape index (κ1) is 10.1. The van der Waals surface area contributed by atoms with Crippen LogP contribution < -0.4 is 11.1 Å². The number of piperazine rings is 1. The van der Waals surface area contributed by atoms with Crippen LogP contribution in [0.25, 0.3) is 0 Å². The third-order valence-corrected chi connectivity index (χ3v) is 2.43. The molecule has 0 radical (unpaired) electrons. The summed E-state index contributed by atoms with van der Waals surface area (Å²) in [5, 5.41) is 6.63. The molecule has 1 aliphatic rings. The Hall–Kier alpha value is -1.47. The SMILES string of the molecule is NC(=O)C1CNCCN1Cc1ncno1. The van der Waals surface area contributed by atoms with E-state index in [1.165, 1.54) is 6.33 Å². The van der Waals surface area contributed by atoms with Gasteiger partial charge < -0.3 is 15.6 Å². The van der Waals surface area contributed by atoms with Crippen molar-refractivity contribution in [2.45, 2.75) is 12.6 Å². The zero-order valence-corrected chi connectivity index (χ0v) is 8.22. The Bertz CT molecular complexity index is 326. The Morgan fingerprint density at radius 1 is 1.80 bits per heavy atom. The number of aromatic nitrogens is 2. The van der Waals surface area contributed by atoms with Crippen LogP contribution in [0.15, 0.2) is 10.9 Å². The van der Waals surface area contributed by atoms with Crippen LogP contribution in [-0.2, 0) is 11.3 Å². The topological polar surface area (TPSA) is 97.3 Å². The number of rotatable bonds is 3. The van der Waals surface area contributed by atoms with Crippen molar-refractivity contribution in [2.24, 2.45) is 5.73 Å². The Morgan fingerprint density at radius 3 is 3.33 bits per heavy atom. The van der Waals surface area contributed by atoms with Gasteiger partial charge in [0, 0.05) is 19.6 Å². The molecule has 7 nitrogen and oxygen atoms in total. The van der Waals surface area contributed by atoms with E-state index in [2.05, 4.69) is 15.5 Å². The number of carbonyl (C=O) groups is 1. The first-order valence-corrected chi connectivity index (χ1v) is 4.77. The number of primary amides is 1. The molecule has 1 aliphatic heterocycles. The van der Waals surface area contributed by atoms with Crippen LogP contribution in [0.5, 0.6) is 0 Å². The molecule has 0 aliphatic carbocycles. The Labute approximate surface area is 86.6 Å². The van der Waals surface area contributed by atoms with Gasteiger partial charge in [-0.3, -0.25) is 9.69 Å². The molecule has 2 heterocycles. The van der Waals surface area contributed by atoms with Gasteiger partial charge >= 0.3 is 0 Å². The fraction of sp³-hybridized carbons (Fsp3) is 0.625. The van der Waals surface area contributed by atoms with Gasteiger partial charge in [-0.2, -0.15) is 4.98 Å². The molecule has 3 N–H and O–H groups in total. The smallest absolute Gasteiger partial charge is 0.240 e. The Balaban J connectivity index is 2.02. The molecule has 1 atom stereocenters. The van der Waals surface area contributed by atoms with E-state index in [4.69, 9.17) is 10.3 Å². The fourth-order valence-electron chi connectivity index (χ4n) is 1.66. The van der Waals surface area contributed by atoms with Crippen molar-refractivity contribution in [3.05, 3.63) is 12.2 Å². The van der Waals surface area contributed by atoms with Gasteiger partial charge in [-0.15, -0.1) is 0 Å². The number of hydrogen-bond acceptors (Lipinski definition) is 6. The number of nitrogens with two attached hydrogens (primary N) is 1. The lowest BCUT2D eigenvalue weighted by Gasteiger charge is -2.32. The van der Waals surface area contributed by atoms with Crippen molar-refractivity contribution in [1.82, 2.24) is 20.4 Å². The largest absolute Gasteiger partial charge is 0.368 e. The molecular formula is C8H13N5O2. The predicted octanol–water partition coefficient (Wildman–Crippen LogP) is -1.67. The number of amides is 1. The summed E-state index contributed by atoms with van der Waals surface area (Å²) in [5.74, 6) is 0.171. The van der Waals surface area contributed by atoms with Crippen molar-refractivity contribution >= 4 is 5.91 Å². The molecule has 15 heavy (non-hydrogen) atoms. The number of nitrogens with one attached hydrogen (secondary N) is 1. The van der Waals surface area contributed by atoms with Crippen LogP contribution in [0.1, 0.15) is 5.89 Å². The molecule has 82 valence electrons. The van der Waals surface area contributed by atoms with Crippen LogP contribution in [0.2, 0.25) is 0 Å². The lowest BCUT2D eigenvalue weighted by Crippen LogP contribution is -2.56. The quantitative estimate of drug-likeness (QED) is 0.620. The molecule has 1 fully saturated rings. The van der Waals surface area contributed by atoms with Gasteiger partial charge in [0.05, 0.1) is 6.54 Å². The zero-order valence-electron chi connectivity index (χ0n) is 8.22. The summed E-state index contributed by atoms with van der Waals surface area (Å²) < 4.78 is 4.89. The molecule has 1 amide bonds. The number of carbonyl (C=O) groups excluding carboxylic acids is 1. The van der Waals surface area contributed by atoms with Crippen molar-refractivity contribution in [3.8, 4) is 0 Å². The first-order valence-electron chi connectivity index (χ1n) is 4.77. The molecule has 2 rings (SSSR count). The highest BCUT2D eigenvalue weighted by molar-refractivity contribution is 5.80. The molecular weight excluding hydrogens is 198 g/mol. The standard InChI is InChI=1S/C8H13N5O2/c9-8(14)6-3-10-1-2-13(6)4-7-11-5-12-15-7/h5-6,10H,1-4H2,(H2,9,14). The lowest BCUT2D eigenvalue weighted by atomic mass is 10.2. The molecule has 0 aromatic carbocycles. The van der Waals surface area contributed by atoms with E-state index >= 15 is 0 Å². The van der Waals surface area contributed by atoms with Crippen molar-refractivity contribution < 1.29 is 9.32 Å². The van der Waals surface area contributed by atoms with E-state index in [1.54, 1.807) is 0 Å². The highest BCUT2D eigenvalue weighted by Crippen LogP contribution is 2.07. The van der Waals surface area contributed by atoms with Gasteiger partial charge in [0.25, 0.3) is 0 Å². The maximum absolute atomic E-state index is 11.2. The summed E-state index contributed by atoms with van der Waals surface area (Å²) in [7, 11) is 0. The van der Waals surface area contributed by atoms with Crippen LogP contribution in [-0.4, -0.2) is 46.6 Å². The summed E-state index contributed by atoms with van der Waals surface area (Å²) >= 11 is 0. The van der Waals surface area contributed by atoms with Crippen molar-refractivity contribution in [2.75, 3.05) is 19.6 Å². The second-order valence-corrected chi connectivity index (χ2v) is 3.43. The van der Waals surface area contributed by atoms with Crippen LogP contribution in [0.3, 0.4) is 0 Å². The second-order valence-electron chi connectivity index (χ2n) is 3.43. The summed E-state index contributed by atoms with van der Waals surface area (Å²) in [4.78, 5) is 17.0. The maximum Gasteiger partial charge on any atom is 0.240 e. The van der Waals surface area contributed by atoms with E-state index in [0.717, 1.165) is 13.1 Å².